The monoisotopic (exact) mass is 423 g/mol. The lowest BCUT2D eigenvalue weighted by Crippen LogP contribution is -2.32. The van der Waals surface area contributed by atoms with E-state index in [-0.39, 0.29) is 5.78 Å². The Kier molecular flexibility index (Phi) is 5.11. The van der Waals surface area contributed by atoms with Crippen molar-refractivity contribution in [1.29, 1.82) is 0 Å². The lowest BCUT2D eigenvalue weighted by atomic mass is 9.87. The van der Waals surface area contributed by atoms with Gasteiger partial charge < -0.3 is 9.88 Å². The highest BCUT2D eigenvalue weighted by Gasteiger charge is 2.51. The average molecular weight is 423 g/mol. The number of para-hydroxylation sites is 1. The molecule has 2 aromatic carbocycles. The molecule has 0 saturated carbocycles. The second kappa shape index (κ2) is 8.23. The van der Waals surface area contributed by atoms with E-state index in [0.29, 0.717) is 24.1 Å². The minimum Gasteiger partial charge on any atom is -0.361 e. The van der Waals surface area contributed by atoms with Gasteiger partial charge in [-0.25, -0.2) is 0 Å². The Morgan fingerprint density at radius 3 is 2.53 bits per heavy atom. The van der Waals surface area contributed by atoms with Gasteiger partial charge in [-0.05, 0) is 29.7 Å². The molecule has 1 N–H and O–H groups in total. The van der Waals surface area contributed by atoms with Crippen LogP contribution in [-0.2, 0) is 16.0 Å². The molecule has 1 fully saturated rings. The van der Waals surface area contributed by atoms with Crippen LogP contribution in [0.2, 0.25) is 0 Å². The molecular formula is C26H21N3O3. The van der Waals surface area contributed by atoms with Crippen molar-refractivity contribution in [2.45, 2.75) is 12.5 Å². The SMILES string of the molecule is O=C1C(=O)N(CCc2c[nH]c3ccccc23)C(c2cccnc2)C1C(=O)c1ccccc1. The molecule has 6 heteroatoms. The molecule has 2 unspecified atom stereocenters. The Morgan fingerprint density at radius 2 is 1.75 bits per heavy atom. The zero-order chi connectivity index (χ0) is 22.1. The van der Waals surface area contributed by atoms with Crippen molar-refractivity contribution in [3.05, 3.63) is 102 Å². The predicted molar refractivity (Wildman–Crippen MR) is 120 cm³/mol. The molecule has 0 aliphatic carbocycles. The summed E-state index contributed by atoms with van der Waals surface area (Å²) in [6, 6.07) is 19.5. The molecule has 0 spiro atoms. The van der Waals surface area contributed by atoms with Gasteiger partial charge in [0.2, 0.25) is 5.78 Å². The number of nitrogens with zero attached hydrogens (tertiary/aromatic N) is 2. The third-order valence-electron chi connectivity index (χ3n) is 6.07. The first-order valence-corrected chi connectivity index (χ1v) is 10.5. The average Bonchev–Trinajstić information content (AvgIpc) is 3.37. The number of Topliss-reactive ketones (excluding diaryl/α,β-unsaturated/α-hetero) is 2. The minimum absolute atomic E-state index is 0.324. The summed E-state index contributed by atoms with van der Waals surface area (Å²) in [5.41, 5.74) is 3.18. The maximum atomic E-state index is 13.3. The van der Waals surface area contributed by atoms with Crippen molar-refractivity contribution >= 4 is 28.4 Å². The quantitative estimate of drug-likeness (QED) is 0.291. The molecule has 158 valence electrons. The van der Waals surface area contributed by atoms with E-state index in [1.165, 1.54) is 4.90 Å². The number of pyridine rings is 1. The summed E-state index contributed by atoms with van der Waals surface area (Å²) >= 11 is 0. The number of nitrogens with one attached hydrogen (secondary N) is 1. The molecule has 4 aromatic rings. The molecule has 1 amide bonds. The first kappa shape index (κ1) is 19.9. The number of aromatic nitrogens is 2. The van der Waals surface area contributed by atoms with Crippen molar-refractivity contribution in [3.63, 3.8) is 0 Å². The van der Waals surface area contributed by atoms with Crippen LogP contribution in [0.5, 0.6) is 0 Å². The topological polar surface area (TPSA) is 83.1 Å². The molecular weight excluding hydrogens is 402 g/mol. The highest BCUT2D eigenvalue weighted by molar-refractivity contribution is 6.44. The number of amides is 1. The molecule has 0 bridgehead atoms. The number of likely N-dealkylation sites (tertiary alicyclic amines) is 1. The zero-order valence-corrected chi connectivity index (χ0v) is 17.3. The number of hydrogen-bond acceptors (Lipinski definition) is 4. The Morgan fingerprint density at radius 1 is 0.969 bits per heavy atom. The molecule has 6 nitrogen and oxygen atoms in total. The Labute approximate surface area is 184 Å². The molecule has 2 aromatic heterocycles. The molecule has 1 aliphatic heterocycles. The van der Waals surface area contributed by atoms with Gasteiger partial charge in [-0.3, -0.25) is 19.4 Å². The fourth-order valence-electron chi connectivity index (χ4n) is 4.51. The van der Waals surface area contributed by atoms with Gasteiger partial charge in [-0.2, -0.15) is 0 Å². The summed E-state index contributed by atoms with van der Waals surface area (Å²) in [7, 11) is 0. The first-order valence-electron chi connectivity index (χ1n) is 10.5. The van der Waals surface area contributed by atoms with Crippen molar-refractivity contribution in [3.8, 4) is 0 Å². The van der Waals surface area contributed by atoms with Crippen molar-refractivity contribution < 1.29 is 14.4 Å². The number of carbonyl (C=O) groups is 3. The number of carbonyl (C=O) groups excluding carboxylic acids is 3. The van der Waals surface area contributed by atoms with Gasteiger partial charge in [0.05, 0.1) is 6.04 Å². The minimum atomic E-state index is -1.09. The standard InChI is InChI=1S/C26H21N3O3/c30-24(17-7-2-1-3-8-17)22-23(19-9-6-13-27-15-19)29(26(32)25(22)31)14-12-18-16-28-21-11-5-4-10-20(18)21/h1-11,13,15-16,22-23,28H,12,14H2. The van der Waals surface area contributed by atoms with Gasteiger partial charge in [0.15, 0.2) is 5.78 Å². The smallest absolute Gasteiger partial charge is 0.291 e. The zero-order valence-electron chi connectivity index (χ0n) is 17.3. The number of H-pyrrole nitrogens is 1. The Hall–Kier alpha value is -4.06. The third kappa shape index (κ3) is 3.39. The van der Waals surface area contributed by atoms with Gasteiger partial charge in [0.25, 0.3) is 5.91 Å². The molecule has 0 radical (unpaired) electrons. The van der Waals surface area contributed by atoms with Crippen LogP contribution in [0.3, 0.4) is 0 Å². The van der Waals surface area contributed by atoms with Crippen molar-refractivity contribution in [2.24, 2.45) is 5.92 Å². The van der Waals surface area contributed by atoms with Gasteiger partial charge in [-0.15, -0.1) is 0 Å². The number of ketones is 2. The largest absolute Gasteiger partial charge is 0.361 e. The number of rotatable bonds is 6. The van der Waals surface area contributed by atoms with Crippen LogP contribution in [0.1, 0.15) is 27.5 Å². The summed E-state index contributed by atoms with van der Waals surface area (Å²) in [6.45, 7) is 0.324. The van der Waals surface area contributed by atoms with E-state index < -0.39 is 23.7 Å². The van der Waals surface area contributed by atoms with Crippen LogP contribution in [0, 0.1) is 5.92 Å². The Balaban J connectivity index is 1.50. The molecule has 1 saturated heterocycles. The lowest BCUT2D eigenvalue weighted by molar-refractivity contribution is -0.140. The molecule has 5 rings (SSSR count). The van der Waals surface area contributed by atoms with E-state index in [2.05, 4.69) is 9.97 Å². The van der Waals surface area contributed by atoms with Crippen LogP contribution in [0.15, 0.2) is 85.3 Å². The Bertz CT molecular complexity index is 1300. The lowest BCUT2D eigenvalue weighted by Gasteiger charge is -2.27. The third-order valence-corrected chi connectivity index (χ3v) is 6.07. The van der Waals surface area contributed by atoms with Crippen LogP contribution >= 0.6 is 0 Å². The first-order chi connectivity index (χ1) is 15.6. The van der Waals surface area contributed by atoms with Gasteiger partial charge in [0.1, 0.15) is 5.92 Å². The fraction of sp³-hybridized carbons (Fsp3) is 0.154. The van der Waals surface area contributed by atoms with E-state index in [1.54, 1.807) is 42.7 Å². The van der Waals surface area contributed by atoms with Crippen LogP contribution in [-0.4, -0.2) is 38.9 Å². The second-order valence-electron chi connectivity index (χ2n) is 7.91. The summed E-state index contributed by atoms with van der Waals surface area (Å²) in [6.07, 6.45) is 5.75. The van der Waals surface area contributed by atoms with Crippen LogP contribution in [0.4, 0.5) is 0 Å². The van der Waals surface area contributed by atoms with Crippen LogP contribution in [0.25, 0.3) is 10.9 Å². The van der Waals surface area contributed by atoms with E-state index in [1.807, 2.05) is 42.6 Å². The maximum Gasteiger partial charge on any atom is 0.291 e. The highest BCUT2D eigenvalue weighted by atomic mass is 16.2. The van der Waals surface area contributed by atoms with Crippen molar-refractivity contribution in [1.82, 2.24) is 14.9 Å². The molecule has 1 aliphatic rings. The highest BCUT2D eigenvalue weighted by Crippen LogP contribution is 2.38. The summed E-state index contributed by atoms with van der Waals surface area (Å²) in [5.74, 6) is -2.70. The van der Waals surface area contributed by atoms with Gasteiger partial charge in [-0.1, -0.05) is 54.6 Å². The molecule has 32 heavy (non-hydrogen) atoms. The number of fused-ring (bicyclic) bond motifs is 1. The fourth-order valence-corrected chi connectivity index (χ4v) is 4.51. The second-order valence-corrected chi connectivity index (χ2v) is 7.91. The summed E-state index contributed by atoms with van der Waals surface area (Å²) in [5, 5.41) is 1.08. The summed E-state index contributed by atoms with van der Waals surface area (Å²) in [4.78, 5) is 48.4. The number of benzene rings is 2. The maximum absolute atomic E-state index is 13.3. The van der Waals surface area contributed by atoms with Crippen LogP contribution < -0.4 is 0 Å². The molecule has 2 atom stereocenters. The van der Waals surface area contributed by atoms with E-state index >= 15 is 0 Å². The normalized spacial score (nSPS) is 18.4. The van der Waals surface area contributed by atoms with Gasteiger partial charge >= 0.3 is 0 Å². The predicted octanol–water partition coefficient (Wildman–Crippen LogP) is 3.76. The van der Waals surface area contributed by atoms with E-state index in [4.69, 9.17) is 0 Å². The van der Waals surface area contributed by atoms with Crippen molar-refractivity contribution in [2.75, 3.05) is 6.54 Å². The summed E-state index contributed by atoms with van der Waals surface area (Å²) < 4.78 is 0. The number of aromatic amines is 1. The van der Waals surface area contributed by atoms with E-state index in [9.17, 15) is 14.4 Å². The van der Waals surface area contributed by atoms with E-state index in [0.717, 1.165) is 16.5 Å². The number of hydrogen-bond donors (Lipinski definition) is 1. The van der Waals surface area contributed by atoms with Gasteiger partial charge in [0, 0.05) is 41.6 Å². The molecule has 3 heterocycles.